The maximum atomic E-state index is 12.2. The van der Waals surface area contributed by atoms with E-state index in [1.54, 1.807) is 0 Å². The van der Waals surface area contributed by atoms with Crippen LogP contribution in [0.3, 0.4) is 0 Å². The summed E-state index contributed by atoms with van der Waals surface area (Å²) >= 11 is 0. The van der Waals surface area contributed by atoms with E-state index in [9.17, 15) is 14.7 Å². The molecule has 1 saturated heterocycles. The first-order chi connectivity index (χ1) is 10.6. The van der Waals surface area contributed by atoms with E-state index in [2.05, 4.69) is 5.32 Å². The third-order valence-corrected chi connectivity index (χ3v) is 5.02. The number of piperidine rings is 1. The van der Waals surface area contributed by atoms with E-state index in [1.807, 2.05) is 11.8 Å². The topological polar surface area (TPSA) is 69.6 Å². The molecule has 0 bridgehead atoms. The summed E-state index contributed by atoms with van der Waals surface area (Å²) in [6, 6.07) is 0.0939. The lowest BCUT2D eigenvalue weighted by atomic mass is 9.85. The first-order valence-corrected chi connectivity index (χ1v) is 8.88. The Kier molecular flexibility index (Phi) is 6.68. The second-order valence-corrected chi connectivity index (χ2v) is 6.76. The standard InChI is InChI=1S/C17H30N2O3/c1-2-6-15(20)19-11-9-14(10-12-19)18-17(22)16(21)13-7-4-3-5-8-13/h13-14,16,21H,2-12H2,1H3,(H,18,22). The van der Waals surface area contributed by atoms with Gasteiger partial charge >= 0.3 is 0 Å². The number of amides is 2. The van der Waals surface area contributed by atoms with Gasteiger partial charge in [0.2, 0.25) is 11.8 Å². The smallest absolute Gasteiger partial charge is 0.249 e. The van der Waals surface area contributed by atoms with E-state index in [0.717, 1.165) is 44.9 Å². The van der Waals surface area contributed by atoms with Crippen LogP contribution in [-0.4, -0.2) is 47.1 Å². The number of rotatable bonds is 5. The van der Waals surface area contributed by atoms with E-state index in [4.69, 9.17) is 0 Å². The molecule has 2 fully saturated rings. The maximum absolute atomic E-state index is 12.2. The summed E-state index contributed by atoms with van der Waals surface area (Å²) in [6.07, 6.45) is 7.57. The van der Waals surface area contributed by atoms with Crippen LogP contribution >= 0.6 is 0 Å². The van der Waals surface area contributed by atoms with Gasteiger partial charge in [0, 0.05) is 25.6 Å². The summed E-state index contributed by atoms with van der Waals surface area (Å²) in [5, 5.41) is 13.2. The lowest BCUT2D eigenvalue weighted by Crippen LogP contribution is -2.50. The van der Waals surface area contributed by atoms with Gasteiger partial charge in [0.05, 0.1) is 0 Å². The van der Waals surface area contributed by atoms with Crippen molar-refractivity contribution >= 4 is 11.8 Å². The first-order valence-electron chi connectivity index (χ1n) is 8.88. The summed E-state index contributed by atoms with van der Waals surface area (Å²) in [5.41, 5.74) is 0. The van der Waals surface area contributed by atoms with Crippen LogP contribution in [0.4, 0.5) is 0 Å². The number of aliphatic hydroxyl groups excluding tert-OH is 1. The molecule has 2 amide bonds. The van der Waals surface area contributed by atoms with Gasteiger partial charge in [0.25, 0.3) is 0 Å². The van der Waals surface area contributed by atoms with Gasteiger partial charge in [0.1, 0.15) is 6.10 Å². The Balaban J connectivity index is 1.73. The third kappa shape index (κ3) is 4.70. The maximum Gasteiger partial charge on any atom is 0.249 e. The lowest BCUT2D eigenvalue weighted by Gasteiger charge is -2.33. The largest absolute Gasteiger partial charge is 0.383 e. The molecule has 1 heterocycles. The number of hydrogen-bond donors (Lipinski definition) is 2. The van der Waals surface area contributed by atoms with Gasteiger partial charge in [-0.1, -0.05) is 26.2 Å². The third-order valence-electron chi connectivity index (χ3n) is 5.02. The molecule has 1 aliphatic heterocycles. The predicted molar refractivity (Wildman–Crippen MR) is 85.2 cm³/mol. The fourth-order valence-electron chi connectivity index (χ4n) is 3.60. The van der Waals surface area contributed by atoms with Crippen molar-refractivity contribution in [3.05, 3.63) is 0 Å². The molecule has 0 aromatic rings. The van der Waals surface area contributed by atoms with E-state index in [0.29, 0.717) is 19.5 Å². The van der Waals surface area contributed by atoms with Crippen molar-refractivity contribution in [3.8, 4) is 0 Å². The average Bonchev–Trinajstić information content (AvgIpc) is 2.55. The SMILES string of the molecule is CCCC(=O)N1CCC(NC(=O)C(O)C2CCCCC2)CC1. The number of nitrogens with one attached hydrogen (secondary N) is 1. The Morgan fingerprint density at radius 2 is 1.77 bits per heavy atom. The Labute approximate surface area is 133 Å². The van der Waals surface area contributed by atoms with E-state index in [1.165, 1.54) is 6.42 Å². The molecule has 1 aliphatic carbocycles. The average molecular weight is 310 g/mol. The number of hydrogen-bond acceptors (Lipinski definition) is 3. The highest BCUT2D eigenvalue weighted by Crippen LogP contribution is 2.26. The highest BCUT2D eigenvalue weighted by molar-refractivity contribution is 5.81. The van der Waals surface area contributed by atoms with Crippen LogP contribution in [0.1, 0.15) is 64.7 Å². The van der Waals surface area contributed by atoms with Gasteiger partial charge in [-0.2, -0.15) is 0 Å². The van der Waals surface area contributed by atoms with Crippen molar-refractivity contribution in [1.82, 2.24) is 10.2 Å². The van der Waals surface area contributed by atoms with Crippen molar-refractivity contribution < 1.29 is 14.7 Å². The second-order valence-electron chi connectivity index (χ2n) is 6.76. The lowest BCUT2D eigenvalue weighted by molar-refractivity contribution is -0.134. The van der Waals surface area contributed by atoms with Crippen molar-refractivity contribution in [1.29, 1.82) is 0 Å². The summed E-state index contributed by atoms with van der Waals surface area (Å²) in [6.45, 7) is 3.43. The molecule has 22 heavy (non-hydrogen) atoms. The van der Waals surface area contributed by atoms with Gasteiger partial charge in [0.15, 0.2) is 0 Å². The van der Waals surface area contributed by atoms with Crippen LogP contribution in [-0.2, 0) is 9.59 Å². The molecule has 2 N–H and O–H groups in total. The van der Waals surface area contributed by atoms with Crippen LogP contribution in [0.25, 0.3) is 0 Å². The zero-order valence-corrected chi connectivity index (χ0v) is 13.7. The first kappa shape index (κ1) is 17.3. The molecular formula is C17H30N2O3. The van der Waals surface area contributed by atoms with Crippen molar-refractivity contribution in [3.63, 3.8) is 0 Å². The minimum absolute atomic E-state index is 0.0939. The summed E-state index contributed by atoms with van der Waals surface area (Å²) in [7, 11) is 0. The Bertz CT molecular complexity index is 372. The predicted octanol–water partition coefficient (Wildman–Crippen LogP) is 1.83. The fraction of sp³-hybridized carbons (Fsp3) is 0.882. The highest BCUT2D eigenvalue weighted by Gasteiger charge is 2.30. The molecule has 2 rings (SSSR count). The molecule has 1 atom stereocenters. The highest BCUT2D eigenvalue weighted by atomic mass is 16.3. The van der Waals surface area contributed by atoms with Crippen LogP contribution in [0.5, 0.6) is 0 Å². The molecule has 0 aromatic carbocycles. The van der Waals surface area contributed by atoms with Crippen molar-refractivity contribution in [2.45, 2.75) is 76.9 Å². The van der Waals surface area contributed by atoms with Gasteiger partial charge < -0.3 is 15.3 Å². The summed E-state index contributed by atoms with van der Waals surface area (Å²) < 4.78 is 0. The van der Waals surface area contributed by atoms with Gasteiger partial charge in [-0.25, -0.2) is 0 Å². The molecule has 5 nitrogen and oxygen atoms in total. The number of likely N-dealkylation sites (tertiary alicyclic amines) is 1. The zero-order valence-electron chi connectivity index (χ0n) is 13.7. The van der Waals surface area contributed by atoms with Gasteiger partial charge in [-0.05, 0) is 38.0 Å². The van der Waals surface area contributed by atoms with Gasteiger partial charge in [-0.3, -0.25) is 9.59 Å². The molecule has 5 heteroatoms. The zero-order chi connectivity index (χ0) is 15.9. The second kappa shape index (κ2) is 8.51. The summed E-state index contributed by atoms with van der Waals surface area (Å²) in [5.74, 6) is 0.125. The Morgan fingerprint density at radius 1 is 1.14 bits per heavy atom. The minimum atomic E-state index is -0.861. The van der Waals surface area contributed by atoms with E-state index < -0.39 is 6.10 Å². The fourth-order valence-corrected chi connectivity index (χ4v) is 3.60. The van der Waals surface area contributed by atoms with Gasteiger partial charge in [-0.15, -0.1) is 0 Å². The molecule has 126 valence electrons. The van der Waals surface area contributed by atoms with E-state index in [-0.39, 0.29) is 23.8 Å². The molecule has 1 unspecified atom stereocenters. The van der Waals surface area contributed by atoms with Crippen molar-refractivity contribution in [2.75, 3.05) is 13.1 Å². The van der Waals surface area contributed by atoms with Crippen LogP contribution in [0.2, 0.25) is 0 Å². The molecular weight excluding hydrogens is 280 g/mol. The monoisotopic (exact) mass is 310 g/mol. The molecule has 0 radical (unpaired) electrons. The Hall–Kier alpha value is -1.10. The number of nitrogens with zero attached hydrogens (tertiary/aromatic N) is 1. The number of aliphatic hydroxyl groups is 1. The normalized spacial score (nSPS) is 22.4. The van der Waals surface area contributed by atoms with Crippen LogP contribution in [0.15, 0.2) is 0 Å². The summed E-state index contributed by atoms with van der Waals surface area (Å²) in [4.78, 5) is 25.9. The number of carbonyl (C=O) groups is 2. The van der Waals surface area contributed by atoms with Crippen LogP contribution in [0, 0.1) is 5.92 Å². The molecule has 0 spiro atoms. The quantitative estimate of drug-likeness (QED) is 0.814. The van der Waals surface area contributed by atoms with Crippen LogP contribution < -0.4 is 5.32 Å². The minimum Gasteiger partial charge on any atom is -0.383 e. The number of carbonyl (C=O) groups excluding carboxylic acids is 2. The van der Waals surface area contributed by atoms with Crippen molar-refractivity contribution in [2.24, 2.45) is 5.92 Å². The Morgan fingerprint density at radius 3 is 2.36 bits per heavy atom. The molecule has 1 saturated carbocycles. The molecule has 2 aliphatic rings. The van der Waals surface area contributed by atoms with E-state index >= 15 is 0 Å². The molecule has 0 aromatic heterocycles.